The van der Waals surface area contributed by atoms with Gasteiger partial charge in [-0.3, -0.25) is 9.78 Å². The molecular formula is C17H21N3O4S. The van der Waals surface area contributed by atoms with Crippen molar-refractivity contribution < 1.29 is 17.9 Å². The Hall–Kier alpha value is -2.45. The van der Waals surface area contributed by atoms with Crippen LogP contribution in [0.15, 0.2) is 47.5 Å². The predicted molar refractivity (Wildman–Crippen MR) is 93.9 cm³/mol. The van der Waals surface area contributed by atoms with Gasteiger partial charge in [0.05, 0.1) is 19.3 Å². The number of carbonyl (C=O) groups excluding carboxylic acids is 1. The summed E-state index contributed by atoms with van der Waals surface area (Å²) in [6.07, 6.45) is 2.30. The van der Waals surface area contributed by atoms with E-state index in [9.17, 15) is 13.2 Å². The van der Waals surface area contributed by atoms with Crippen molar-refractivity contribution in [3.8, 4) is 5.75 Å². The Morgan fingerprint density at radius 3 is 2.68 bits per heavy atom. The molecule has 0 spiro atoms. The van der Waals surface area contributed by atoms with E-state index in [1.807, 2.05) is 13.0 Å². The number of carbonyl (C=O) groups is 1. The van der Waals surface area contributed by atoms with E-state index in [1.54, 1.807) is 18.3 Å². The number of ether oxygens (including phenoxy) is 1. The monoisotopic (exact) mass is 363 g/mol. The van der Waals surface area contributed by atoms with Crippen LogP contribution in [0.4, 0.5) is 0 Å². The van der Waals surface area contributed by atoms with Crippen molar-refractivity contribution in [2.24, 2.45) is 0 Å². The lowest BCUT2D eigenvalue weighted by Crippen LogP contribution is -2.26. The van der Waals surface area contributed by atoms with Crippen LogP contribution in [0.5, 0.6) is 5.75 Å². The van der Waals surface area contributed by atoms with E-state index in [2.05, 4.69) is 15.0 Å². The van der Waals surface area contributed by atoms with Crippen LogP contribution < -0.4 is 14.8 Å². The highest BCUT2D eigenvalue weighted by Crippen LogP contribution is 2.24. The van der Waals surface area contributed by atoms with Crippen LogP contribution >= 0.6 is 0 Å². The average Bonchev–Trinajstić information content (AvgIpc) is 2.64. The Kier molecular flexibility index (Phi) is 6.49. The van der Waals surface area contributed by atoms with Crippen LogP contribution in [0.3, 0.4) is 0 Å². The number of methoxy groups -OCH3 is 1. The molecule has 134 valence electrons. The van der Waals surface area contributed by atoms with Gasteiger partial charge in [-0.1, -0.05) is 13.0 Å². The zero-order valence-corrected chi connectivity index (χ0v) is 15.0. The van der Waals surface area contributed by atoms with Gasteiger partial charge in [-0.25, -0.2) is 13.1 Å². The highest BCUT2D eigenvalue weighted by atomic mass is 32.2. The number of nitrogens with zero attached hydrogens (tertiary/aromatic N) is 1. The molecule has 1 aromatic carbocycles. The fourth-order valence-electron chi connectivity index (χ4n) is 2.12. The summed E-state index contributed by atoms with van der Waals surface area (Å²) >= 11 is 0. The lowest BCUT2D eigenvalue weighted by molar-refractivity contribution is 0.0950. The number of benzene rings is 1. The third kappa shape index (κ3) is 5.01. The summed E-state index contributed by atoms with van der Waals surface area (Å²) in [6.45, 7) is 2.42. The van der Waals surface area contributed by atoms with Gasteiger partial charge in [-0.2, -0.15) is 0 Å². The molecule has 1 aromatic heterocycles. The molecule has 0 fully saturated rings. The second kappa shape index (κ2) is 8.59. The van der Waals surface area contributed by atoms with Gasteiger partial charge in [0.1, 0.15) is 10.6 Å². The molecule has 8 heteroatoms. The molecule has 1 amide bonds. The largest absolute Gasteiger partial charge is 0.495 e. The van der Waals surface area contributed by atoms with Crippen LogP contribution in [0.25, 0.3) is 0 Å². The molecule has 0 atom stereocenters. The molecule has 0 aliphatic rings. The fourth-order valence-corrected chi connectivity index (χ4v) is 3.44. The second-order valence-electron chi connectivity index (χ2n) is 5.27. The van der Waals surface area contributed by atoms with Crippen LogP contribution in [-0.4, -0.2) is 33.0 Å². The summed E-state index contributed by atoms with van der Waals surface area (Å²) in [5.41, 5.74) is 0.940. The highest BCUT2D eigenvalue weighted by molar-refractivity contribution is 7.89. The summed E-state index contributed by atoms with van der Waals surface area (Å²) in [6, 6.07) is 9.70. The van der Waals surface area contributed by atoms with Crippen molar-refractivity contribution in [3.63, 3.8) is 0 Å². The molecule has 0 radical (unpaired) electrons. The Bertz CT molecular complexity index is 823. The molecule has 25 heavy (non-hydrogen) atoms. The SMILES string of the molecule is CCCNS(=O)(=O)c1cc(C(=O)NCc2ccccn2)ccc1OC. The van der Waals surface area contributed by atoms with Gasteiger partial charge < -0.3 is 10.1 Å². The first-order valence-corrected chi connectivity index (χ1v) is 9.32. The minimum Gasteiger partial charge on any atom is -0.495 e. The Morgan fingerprint density at radius 1 is 1.24 bits per heavy atom. The summed E-state index contributed by atoms with van der Waals surface area (Å²) < 4.78 is 32.4. The number of amides is 1. The molecule has 2 aromatic rings. The number of hydrogen-bond acceptors (Lipinski definition) is 5. The maximum Gasteiger partial charge on any atom is 0.251 e. The van der Waals surface area contributed by atoms with Crippen molar-refractivity contribution in [2.45, 2.75) is 24.8 Å². The molecule has 0 unspecified atom stereocenters. The molecule has 2 rings (SSSR count). The van der Waals surface area contributed by atoms with Crippen LogP contribution in [0.2, 0.25) is 0 Å². The maximum atomic E-state index is 12.4. The first kappa shape index (κ1) is 18.9. The molecule has 0 saturated carbocycles. The summed E-state index contributed by atoms with van der Waals surface area (Å²) in [5, 5.41) is 2.72. The second-order valence-corrected chi connectivity index (χ2v) is 7.00. The summed E-state index contributed by atoms with van der Waals surface area (Å²) in [4.78, 5) is 16.4. The number of aromatic nitrogens is 1. The van der Waals surface area contributed by atoms with Gasteiger partial charge in [-0.15, -0.1) is 0 Å². The molecule has 7 nitrogen and oxygen atoms in total. The minimum atomic E-state index is -3.76. The fraction of sp³-hybridized carbons (Fsp3) is 0.294. The Morgan fingerprint density at radius 2 is 2.04 bits per heavy atom. The van der Waals surface area contributed by atoms with E-state index in [0.29, 0.717) is 18.7 Å². The number of sulfonamides is 1. The van der Waals surface area contributed by atoms with Crippen molar-refractivity contribution in [1.29, 1.82) is 0 Å². The first-order chi connectivity index (χ1) is 12.0. The van der Waals surface area contributed by atoms with E-state index < -0.39 is 10.0 Å². The molecule has 0 saturated heterocycles. The van der Waals surface area contributed by atoms with Crippen molar-refractivity contribution >= 4 is 15.9 Å². The predicted octanol–water partition coefficient (Wildman–Crippen LogP) is 1.71. The average molecular weight is 363 g/mol. The van der Waals surface area contributed by atoms with Gasteiger partial charge >= 0.3 is 0 Å². The van der Waals surface area contributed by atoms with Gasteiger partial charge in [0.25, 0.3) is 5.91 Å². The number of hydrogen-bond donors (Lipinski definition) is 2. The Labute approximate surface area is 147 Å². The normalized spacial score (nSPS) is 11.1. The standard InChI is InChI=1S/C17H21N3O4S/c1-3-9-20-25(22,23)16-11-13(7-8-15(16)24-2)17(21)19-12-14-6-4-5-10-18-14/h4-8,10-11,20H,3,9,12H2,1-2H3,(H,19,21). The third-order valence-electron chi connectivity index (χ3n) is 3.41. The van der Waals surface area contributed by atoms with Gasteiger partial charge in [0.15, 0.2) is 0 Å². The molecule has 0 bridgehead atoms. The number of rotatable bonds is 8. The molecule has 2 N–H and O–H groups in total. The number of pyridine rings is 1. The number of nitrogens with one attached hydrogen (secondary N) is 2. The summed E-state index contributed by atoms with van der Waals surface area (Å²) in [5.74, 6) is -0.204. The van der Waals surface area contributed by atoms with E-state index in [4.69, 9.17) is 4.74 Å². The van der Waals surface area contributed by atoms with Gasteiger partial charge in [0, 0.05) is 18.3 Å². The van der Waals surface area contributed by atoms with E-state index >= 15 is 0 Å². The smallest absolute Gasteiger partial charge is 0.251 e. The zero-order valence-electron chi connectivity index (χ0n) is 14.2. The lowest BCUT2D eigenvalue weighted by atomic mass is 10.2. The third-order valence-corrected chi connectivity index (χ3v) is 4.90. The van der Waals surface area contributed by atoms with E-state index in [1.165, 1.54) is 25.3 Å². The zero-order chi connectivity index (χ0) is 18.3. The molecule has 0 aliphatic heterocycles. The lowest BCUT2D eigenvalue weighted by Gasteiger charge is -2.12. The maximum absolute atomic E-state index is 12.4. The van der Waals surface area contributed by atoms with E-state index in [-0.39, 0.29) is 28.7 Å². The molecular weight excluding hydrogens is 342 g/mol. The van der Waals surface area contributed by atoms with Crippen molar-refractivity contribution in [2.75, 3.05) is 13.7 Å². The highest BCUT2D eigenvalue weighted by Gasteiger charge is 2.21. The molecule has 1 heterocycles. The minimum absolute atomic E-state index is 0.0612. The van der Waals surface area contributed by atoms with Crippen LogP contribution in [-0.2, 0) is 16.6 Å². The van der Waals surface area contributed by atoms with Crippen LogP contribution in [0.1, 0.15) is 29.4 Å². The first-order valence-electron chi connectivity index (χ1n) is 7.83. The van der Waals surface area contributed by atoms with Crippen molar-refractivity contribution in [3.05, 3.63) is 53.9 Å². The van der Waals surface area contributed by atoms with Gasteiger partial charge in [0.2, 0.25) is 10.0 Å². The van der Waals surface area contributed by atoms with Gasteiger partial charge in [-0.05, 0) is 36.8 Å². The quantitative estimate of drug-likeness (QED) is 0.744. The summed E-state index contributed by atoms with van der Waals surface area (Å²) in [7, 11) is -2.37. The Balaban J connectivity index is 2.21. The topological polar surface area (TPSA) is 97.4 Å². The van der Waals surface area contributed by atoms with E-state index in [0.717, 1.165) is 0 Å². The van der Waals surface area contributed by atoms with Crippen LogP contribution in [0, 0.1) is 0 Å². The van der Waals surface area contributed by atoms with Crippen molar-refractivity contribution in [1.82, 2.24) is 15.0 Å². The molecule has 0 aliphatic carbocycles.